The Balaban J connectivity index is 1.90. The zero-order valence-corrected chi connectivity index (χ0v) is 20.4. The van der Waals surface area contributed by atoms with Gasteiger partial charge in [0.2, 0.25) is 0 Å². The number of anilines is 1. The Morgan fingerprint density at radius 1 is 1.10 bits per heavy atom. The molecule has 6 heteroatoms. The lowest BCUT2D eigenvalue weighted by Crippen LogP contribution is -2.29. The van der Waals surface area contributed by atoms with Gasteiger partial charge in [-0.3, -0.25) is 4.98 Å². The van der Waals surface area contributed by atoms with Crippen LogP contribution in [-0.4, -0.2) is 14.7 Å². The van der Waals surface area contributed by atoms with Gasteiger partial charge in [0.15, 0.2) is 5.11 Å². The first-order valence-electron chi connectivity index (χ1n) is 10.2. The van der Waals surface area contributed by atoms with Crippen LogP contribution in [0.4, 0.5) is 5.69 Å². The summed E-state index contributed by atoms with van der Waals surface area (Å²) in [6.45, 7) is 11.0. The molecule has 4 nitrogen and oxygen atoms in total. The molecule has 2 unspecified atom stereocenters. The van der Waals surface area contributed by atoms with E-state index < -0.39 is 0 Å². The van der Waals surface area contributed by atoms with E-state index in [1.54, 1.807) is 0 Å². The van der Waals surface area contributed by atoms with Crippen molar-refractivity contribution in [3.05, 3.63) is 81.3 Å². The van der Waals surface area contributed by atoms with Crippen molar-refractivity contribution in [2.45, 2.75) is 52.7 Å². The number of halogens is 1. The topological polar surface area (TPSA) is 33.1 Å². The van der Waals surface area contributed by atoms with Crippen molar-refractivity contribution in [2.75, 3.05) is 4.90 Å². The molecule has 3 heterocycles. The maximum atomic E-state index is 5.86. The number of pyridine rings is 1. The molecule has 1 saturated heterocycles. The van der Waals surface area contributed by atoms with E-state index in [1.807, 2.05) is 18.3 Å². The average Bonchev–Trinajstić information content (AvgIpc) is 3.20. The average molecular weight is 483 g/mol. The summed E-state index contributed by atoms with van der Waals surface area (Å²) in [5.41, 5.74) is 7.09. The minimum atomic E-state index is -0.0243. The first kappa shape index (κ1) is 21.1. The van der Waals surface area contributed by atoms with Crippen LogP contribution in [0.2, 0.25) is 0 Å². The normalized spacial score (nSPS) is 18.9. The van der Waals surface area contributed by atoms with Gasteiger partial charge in [-0.2, -0.15) is 0 Å². The molecule has 0 aliphatic carbocycles. The third kappa shape index (κ3) is 3.56. The van der Waals surface area contributed by atoms with Crippen molar-refractivity contribution in [1.82, 2.24) is 14.9 Å². The summed E-state index contributed by atoms with van der Waals surface area (Å²) in [5.74, 6) is 0. The highest BCUT2D eigenvalue weighted by molar-refractivity contribution is 9.10. The summed E-state index contributed by atoms with van der Waals surface area (Å²) in [7, 11) is 0. The van der Waals surface area contributed by atoms with E-state index in [-0.39, 0.29) is 12.1 Å². The molecule has 0 spiro atoms. The van der Waals surface area contributed by atoms with Crippen LogP contribution in [0.1, 0.15) is 60.2 Å². The third-order valence-electron chi connectivity index (χ3n) is 5.88. The molecule has 0 saturated carbocycles. The Labute approximate surface area is 192 Å². The van der Waals surface area contributed by atoms with E-state index in [2.05, 4.69) is 101 Å². The van der Waals surface area contributed by atoms with Crippen LogP contribution in [0, 0.1) is 20.8 Å². The van der Waals surface area contributed by atoms with Gasteiger partial charge in [-0.1, -0.05) is 22.0 Å². The SMILES string of the molecule is Cc1cc(N2C(=S)NC(c3ccccn3)C2c2cc(C)n(C(C)C)c2C)ccc1Br. The van der Waals surface area contributed by atoms with Crippen molar-refractivity contribution in [3.8, 4) is 0 Å². The van der Waals surface area contributed by atoms with Crippen molar-refractivity contribution >= 4 is 38.9 Å². The third-order valence-corrected chi connectivity index (χ3v) is 7.08. The molecular weight excluding hydrogens is 456 g/mol. The van der Waals surface area contributed by atoms with Crippen LogP contribution in [0.5, 0.6) is 0 Å². The minimum Gasteiger partial charge on any atom is -0.351 e. The maximum absolute atomic E-state index is 5.86. The summed E-state index contributed by atoms with van der Waals surface area (Å²) in [6.07, 6.45) is 1.85. The van der Waals surface area contributed by atoms with Crippen molar-refractivity contribution < 1.29 is 0 Å². The van der Waals surface area contributed by atoms with Gasteiger partial charge in [-0.25, -0.2) is 0 Å². The number of thiocarbonyl (C=S) groups is 1. The number of hydrogen-bond acceptors (Lipinski definition) is 2. The monoisotopic (exact) mass is 482 g/mol. The van der Waals surface area contributed by atoms with Crippen LogP contribution in [0.25, 0.3) is 0 Å². The second-order valence-electron chi connectivity index (χ2n) is 8.22. The Kier molecular flexibility index (Phi) is 5.73. The van der Waals surface area contributed by atoms with E-state index >= 15 is 0 Å². The largest absolute Gasteiger partial charge is 0.351 e. The molecule has 1 aromatic carbocycles. The number of nitrogens with one attached hydrogen (secondary N) is 1. The predicted octanol–water partition coefficient (Wildman–Crippen LogP) is 6.33. The van der Waals surface area contributed by atoms with Crippen LogP contribution in [0.15, 0.2) is 53.1 Å². The molecule has 2 atom stereocenters. The summed E-state index contributed by atoms with van der Waals surface area (Å²) in [4.78, 5) is 6.91. The summed E-state index contributed by atoms with van der Waals surface area (Å²) < 4.78 is 3.50. The molecule has 1 aliphatic heterocycles. The molecular formula is C24H27BrN4S. The predicted molar refractivity (Wildman–Crippen MR) is 131 cm³/mol. The molecule has 0 radical (unpaired) electrons. The van der Waals surface area contributed by atoms with Gasteiger partial charge in [0.25, 0.3) is 0 Å². The molecule has 156 valence electrons. The first-order chi connectivity index (χ1) is 14.3. The molecule has 1 aliphatic rings. The van der Waals surface area contributed by atoms with E-state index in [0.29, 0.717) is 6.04 Å². The van der Waals surface area contributed by atoms with E-state index in [0.717, 1.165) is 21.0 Å². The molecule has 0 bridgehead atoms. The highest BCUT2D eigenvalue weighted by atomic mass is 79.9. The zero-order chi connectivity index (χ0) is 21.6. The fraction of sp³-hybridized carbons (Fsp3) is 0.333. The number of aromatic nitrogens is 2. The van der Waals surface area contributed by atoms with Gasteiger partial charge < -0.3 is 14.8 Å². The Hall–Kier alpha value is -2.18. The lowest BCUT2D eigenvalue weighted by molar-refractivity contribution is 0.547. The molecule has 1 N–H and O–H groups in total. The van der Waals surface area contributed by atoms with Crippen LogP contribution >= 0.6 is 28.1 Å². The number of hydrogen-bond donors (Lipinski definition) is 1. The zero-order valence-electron chi connectivity index (χ0n) is 18.0. The van der Waals surface area contributed by atoms with Crippen molar-refractivity contribution in [2.24, 2.45) is 0 Å². The molecule has 4 rings (SSSR count). The molecule has 30 heavy (non-hydrogen) atoms. The minimum absolute atomic E-state index is 0.0201. The van der Waals surface area contributed by atoms with Gasteiger partial charge in [0.1, 0.15) is 0 Å². The van der Waals surface area contributed by atoms with Crippen molar-refractivity contribution in [1.29, 1.82) is 0 Å². The van der Waals surface area contributed by atoms with Gasteiger partial charge in [-0.05, 0) is 94.4 Å². The Bertz CT molecular complexity index is 1090. The number of rotatable bonds is 4. The molecule has 1 fully saturated rings. The van der Waals surface area contributed by atoms with Gasteiger partial charge in [0, 0.05) is 33.8 Å². The van der Waals surface area contributed by atoms with Crippen LogP contribution in [0.3, 0.4) is 0 Å². The van der Waals surface area contributed by atoms with Crippen LogP contribution < -0.4 is 10.2 Å². The standard InChI is InChI=1S/C24H27BrN4S/c1-14(2)28-16(4)13-19(17(28)5)23-22(21-8-6-7-11-26-21)27-24(30)29(23)18-9-10-20(25)15(3)12-18/h6-14,22-23H,1-5H3,(H,27,30). The second-order valence-corrected chi connectivity index (χ2v) is 9.46. The molecule has 0 amide bonds. The van der Waals surface area contributed by atoms with Gasteiger partial charge in [0.05, 0.1) is 17.8 Å². The lowest BCUT2D eigenvalue weighted by Gasteiger charge is -2.29. The van der Waals surface area contributed by atoms with Crippen molar-refractivity contribution in [3.63, 3.8) is 0 Å². The first-order valence-corrected chi connectivity index (χ1v) is 11.4. The second kappa shape index (κ2) is 8.16. The number of aryl methyl sites for hydroxylation is 2. The Morgan fingerprint density at radius 3 is 2.47 bits per heavy atom. The van der Waals surface area contributed by atoms with Gasteiger partial charge >= 0.3 is 0 Å². The lowest BCUT2D eigenvalue weighted by atomic mass is 9.96. The fourth-order valence-corrected chi connectivity index (χ4v) is 5.22. The fourth-order valence-electron chi connectivity index (χ4n) is 4.62. The van der Waals surface area contributed by atoms with E-state index in [1.165, 1.54) is 22.5 Å². The summed E-state index contributed by atoms with van der Waals surface area (Å²) >= 11 is 9.48. The van der Waals surface area contributed by atoms with Crippen LogP contribution in [-0.2, 0) is 0 Å². The summed E-state index contributed by atoms with van der Waals surface area (Å²) in [6, 6.07) is 15.2. The molecule has 3 aromatic rings. The highest BCUT2D eigenvalue weighted by Gasteiger charge is 2.42. The Morgan fingerprint density at radius 2 is 1.87 bits per heavy atom. The van der Waals surface area contributed by atoms with E-state index in [4.69, 9.17) is 12.2 Å². The highest BCUT2D eigenvalue weighted by Crippen LogP contribution is 2.44. The smallest absolute Gasteiger partial charge is 0.174 e. The number of benzene rings is 1. The maximum Gasteiger partial charge on any atom is 0.174 e. The van der Waals surface area contributed by atoms with Gasteiger partial charge in [-0.15, -0.1) is 0 Å². The summed E-state index contributed by atoms with van der Waals surface area (Å²) in [5, 5.41) is 4.29. The number of nitrogens with zero attached hydrogens (tertiary/aromatic N) is 3. The van der Waals surface area contributed by atoms with E-state index in [9.17, 15) is 0 Å². The quantitative estimate of drug-likeness (QED) is 0.440. The molecule has 2 aromatic heterocycles.